The molecule has 20 heavy (non-hydrogen) atoms. The first-order chi connectivity index (χ1) is 9.54. The van der Waals surface area contributed by atoms with E-state index in [1.807, 2.05) is 63.2 Å². The third kappa shape index (κ3) is 3.85. The molecule has 0 spiro atoms. The summed E-state index contributed by atoms with van der Waals surface area (Å²) in [4.78, 5) is 12.0. The standard InChI is InChI=1S/C17H20N2O/c1-12-9-13(2)11-16(10-12)19-17(20)18-14(3)15-7-5-4-6-8-15/h4-11,14H,1-3H3,(H2,18,19,20)/t14-/m0/s1. The molecule has 0 heterocycles. The Morgan fingerprint density at radius 3 is 2.20 bits per heavy atom. The second-order valence-electron chi connectivity index (χ2n) is 5.11. The lowest BCUT2D eigenvalue weighted by atomic mass is 10.1. The van der Waals surface area contributed by atoms with Gasteiger partial charge in [-0.05, 0) is 49.6 Å². The highest BCUT2D eigenvalue weighted by Gasteiger charge is 2.09. The lowest BCUT2D eigenvalue weighted by Gasteiger charge is -2.15. The lowest BCUT2D eigenvalue weighted by Crippen LogP contribution is -2.31. The minimum Gasteiger partial charge on any atom is -0.331 e. The molecular formula is C17H20N2O. The van der Waals surface area contributed by atoms with E-state index in [0.717, 1.165) is 22.4 Å². The van der Waals surface area contributed by atoms with Crippen molar-refractivity contribution in [2.75, 3.05) is 5.32 Å². The van der Waals surface area contributed by atoms with E-state index in [2.05, 4.69) is 16.7 Å². The zero-order valence-corrected chi connectivity index (χ0v) is 12.1. The molecular weight excluding hydrogens is 248 g/mol. The van der Waals surface area contributed by atoms with Gasteiger partial charge in [0.05, 0.1) is 6.04 Å². The average Bonchev–Trinajstić information content (AvgIpc) is 2.38. The molecule has 0 radical (unpaired) electrons. The number of anilines is 1. The van der Waals surface area contributed by atoms with Gasteiger partial charge < -0.3 is 10.6 Å². The smallest absolute Gasteiger partial charge is 0.319 e. The topological polar surface area (TPSA) is 41.1 Å². The summed E-state index contributed by atoms with van der Waals surface area (Å²) >= 11 is 0. The molecule has 2 rings (SSSR count). The number of amides is 2. The van der Waals surface area contributed by atoms with E-state index in [1.165, 1.54) is 0 Å². The second-order valence-corrected chi connectivity index (χ2v) is 5.11. The molecule has 0 aliphatic rings. The maximum Gasteiger partial charge on any atom is 0.319 e. The van der Waals surface area contributed by atoms with Gasteiger partial charge in [0.25, 0.3) is 0 Å². The van der Waals surface area contributed by atoms with Gasteiger partial charge in [-0.25, -0.2) is 4.79 Å². The van der Waals surface area contributed by atoms with Crippen LogP contribution < -0.4 is 10.6 Å². The molecule has 0 aliphatic heterocycles. The van der Waals surface area contributed by atoms with E-state index in [0.29, 0.717) is 0 Å². The monoisotopic (exact) mass is 268 g/mol. The first-order valence-corrected chi connectivity index (χ1v) is 6.75. The van der Waals surface area contributed by atoms with Crippen LogP contribution in [0.2, 0.25) is 0 Å². The van der Waals surface area contributed by atoms with Crippen LogP contribution in [0.15, 0.2) is 48.5 Å². The number of rotatable bonds is 3. The van der Waals surface area contributed by atoms with Gasteiger partial charge in [0.15, 0.2) is 0 Å². The quantitative estimate of drug-likeness (QED) is 0.861. The molecule has 3 nitrogen and oxygen atoms in total. The zero-order valence-electron chi connectivity index (χ0n) is 12.1. The van der Waals surface area contributed by atoms with Crippen molar-refractivity contribution in [2.45, 2.75) is 26.8 Å². The number of carbonyl (C=O) groups is 1. The molecule has 0 aliphatic carbocycles. The number of carbonyl (C=O) groups excluding carboxylic acids is 1. The van der Waals surface area contributed by atoms with Crippen LogP contribution in [-0.2, 0) is 0 Å². The van der Waals surface area contributed by atoms with Gasteiger partial charge in [-0.15, -0.1) is 0 Å². The first-order valence-electron chi connectivity index (χ1n) is 6.75. The lowest BCUT2D eigenvalue weighted by molar-refractivity contribution is 0.249. The van der Waals surface area contributed by atoms with Gasteiger partial charge in [0.2, 0.25) is 0 Å². The van der Waals surface area contributed by atoms with Crippen molar-refractivity contribution in [1.82, 2.24) is 5.32 Å². The number of hydrogen-bond donors (Lipinski definition) is 2. The molecule has 104 valence electrons. The minimum absolute atomic E-state index is 0.0258. The normalized spacial score (nSPS) is 11.8. The molecule has 2 N–H and O–H groups in total. The van der Waals surface area contributed by atoms with Crippen LogP contribution in [0.25, 0.3) is 0 Å². The summed E-state index contributed by atoms with van der Waals surface area (Å²) in [6.45, 7) is 6.00. The molecule has 2 aromatic rings. The summed E-state index contributed by atoms with van der Waals surface area (Å²) in [5.74, 6) is 0. The number of nitrogens with one attached hydrogen (secondary N) is 2. The van der Waals surface area contributed by atoms with Gasteiger partial charge in [-0.1, -0.05) is 36.4 Å². The number of hydrogen-bond acceptors (Lipinski definition) is 1. The minimum atomic E-state index is -0.189. The van der Waals surface area contributed by atoms with Crippen LogP contribution in [0.1, 0.15) is 29.7 Å². The van der Waals surface area contributed by atoms with Crippen molar-refractivity contribution in [1.29, 1.82) is 0 Å². The Hall–Kier alpha value is -2.29. The van der Waals surface area contributed by atoms with Gasteiger partial charge in [-0.2, -0.15) is 0 Å². The predicted octanol–water partition coefficient (Wildman–Crippen LogP) is 4.19. The summed E-state index contributed by atoms with van der Waals surface area (Å²) in [5.41, 5.74) is 4.18. The Kier molecular flexibility index (Phi) is 4.41. The third-order valence-electron chi connectivity index (χ3n) is 3.13. The molecule has 0 saturated carbocycles. The fourth-order valence-electron chi connectivity index (χ4n) is 2.24. The zero-order chi connectivity index (χ0) is 14.5. The molecule has 3 heteroatoms. The van der Waals surface area contributed by atoms with Crippen LogP contribution in [-0.4, -0.2) is 6.03 Å². The Labute approximate surface area is 120 Å². The number of benzene rings is 2. The SMILES string of the molecule is Cc1cc(C)cc(NC(=O)N[C@@H](C)c2ccccc2)c1. The molecule has 0 aromatic heterocycles. The summed E-state index contributed by atoms with van der Waals surface area (Å²) in [7, 11) is 0. The van der Waals surface area contributed by atoms with Crippen LogP contribution in [0.3, 0.4) is 0 Å². The Balaban J connectivity index is 1.99. The highest BCUT2D eigenvalue weighted by atomic mass is 16.2. The number of urea groups is 1. The molecule has 2 aromatic carbocycles. The summed E-state index contributed by atoms with van der Waals surface area (Å²) in [6.07, 6.45) is 0. The van der Waals surface area contributed by atoms with E-state index >= 15 is 0 Å². The van der Waals surface area contributed by atoms with Gasteiger partial charge >= 0.3 is 6.03 Å². The first kappa shape index (κ1) is 14.1. The highest BCUT2D eigenvalue weighted by molar-refractivity contribution is 5.89. The van der Waals surface area contributed by atoms with E-state index < -0.39 is 0 Å². The Morgan fingerprint density at radius 2 is 1.60 bits per heavy atom. The van der Waals surface area contributed by atoms with Crippen LogP contribution in [0, 0.1) is 13.8 Å². The van der Waals surface area contributed by atoms with Crippen LogP contribution >= 0.6 is 0 Å². The molecule has 0 bridgehead atoms. The summed E-state index contributed by atoms with van der Waals surface area (Å²) < 4.78 is 0. The molecule has 2 amide bonds. The van der Waals surface area contributed by atoms with Gasteiger partial charge in [-0.3, -0.25) is 0 Å². The van der Waals surface area contributed by atoms with Crippen molar-refractivity contribution < 1.29 is 4.79 Å². The summed E-state index contributed by atoms with van der Waals surface area (Å²) in [5, 5.41) is 5.81. The highest BCUT2D eigenvalue weighted by Crippen LogP contribution is 2.15. The predicted molar refractivity (Wildman–Crippen MR) is 82.9 cm³/mol. The molecule has 0 fully saturated rings. The van der Waals surface area contributed by atoms with Crippen molar-refractivity contribution in [3.63, 3.8) is 0 Å². The number of aryl methyl sites for hydroxylation is 2. The fraction of sp³-hybridized carbons (Fsp3) is 0.235. The molecule has 0 saturated heterocycles. The van der Waals surface area contributed by atoms with E-state index in [-0.39, 0.29) is 12.1 Å². The Bertz CT molecular complexity index is 573. The van der Waals surface area contributed by atoms with Crippen molar-refractivity contribution in [2.24, 2.45) is 0 Å². The molecule has 1 atom stereocenters. The third-order valence-corrected chi connectivity index (χ3v) is 3.13. The second kappa shape index (κ2) is 6.24. The summed E-state index contributed by atoms with van der Waals surface area (Å²) in [6, 6.07) is 15.7. The largest absolute Gasteiger partial charge is 0.331 e. The van der Waals surface area contributed by atoms with Crippen LogP contribution in [0.5, 0.6) is 0 Å². The Morgan fingerprint density at radius 1 is 1.00 bits per heavy atom. The fourth-order valence-corrected chi connectivity index (χ4v) is 2.24. The van der Waals surface area contributed by atoms with Crippen molar-refractivity contribution in [3.05, 3.63) is 65.2 Å². The van der Waals surface area contributed by atoms with E-state index in [9.17, 15) is 4.79 Å². The van der Waals surface area contributed by atoms with Crippen LogP contribution in [0.4, 0.5) is 10.5 Å². The van der Waals surface area contributed by atoms with E-state index in [1.54, 1.807) is 0 Å². The van der Waals surface area contributed by atoms with Gasteiger partial charge in [0, 0.05) is 5.69 Å². The average molecular weight is 268 g/mol. The van der Waals surface area contributed by atoms with Crippen molar-refractivity contribution in [3.8, 4) is 0 Å². The molecule has 0 unspecified atom stereocenters. The van der Waals surface area contributed by atoms with E-state index in [4.69, 9.17) is 0 Å². The van der Waals surface area contributed by atoms with Crippen molar-refractivity contribution >= 4 is 11.7 Å². The maximum atomic E-state index is 12.0. The maximum absolute atomic E-state index is 12.0. The van der Waals surface area contributed by atoms with Gasteiger partial charge in [0.1, 0.15) is 0 Å².